The minimum absolute atomic E-state index is 0.180. The van der Waals surface area contributed by atoms with E-state index in [0.29, 0.717) is 5.56 Å². The fourth-order valence-electron chi connectivity index (χ4n) is 2.65. The first-order valence-electron chi connectivity index (χ1n) is 8.43. The van der Waals surface area contributed by atoms with Gasteiger partial charge < -0.3 is 25.6 Å². The molecule has 0 heterocycles. The third kappa shape index (κ3) is 4.79. The van der Waals surface area contributed by atoms with E-state index in [9.17, 15) is 19.5 Å². The molecule has 8 heteroatoms. The molecule has 2 aromatic rings. The van der Waals surface area contributed by atoms with Crippen molar-refractivity contribution < 1.29 is 29.0 Å². The average Bonchev–Trinajstić information content (AvgIpc) is 2.66. The highest BCUT2D eigenvalue weighted by Gasteiger charge is 2.25. The Morgan fingerprint density at radius 2 is 1.86 bits per heavy atom. The molecule has 1 atom stereocenters. The lowest BCUT2D eigenvalue weighted by Crippen LogP contribution is -2.34. The standard InChI is InChI=1S/C20H22N2O6/c1-11-5-4-6-14(12(11)2)18(20(25)26)22-19(24)13-7-8-15(16(9-13)27-3)28-10-17(21)23/h4-9,18H,10H2,1-3H3,(H2,21,23)(H,22,24)(H,25,26). The van der Waals surface area contributed by atoms with Gasteiger partial charge in [0.15, 0.2) is 24.1 Å². The predicted octanol–water partition coefficient (Wildman–Crippen LogP) is 1.73. The SMILES string of the molecule is COc1cc(C(=O)NC(C(=O)O)c2cccc(C)c2C)ccc1OCC(N)=O. The molecular weight excluding hydrogens is 364 g/mol. The zero-order valence-electron chi connectivity index (χ0n) is 15.8. The summed E-state index contributed by atoms with van der Waals surface area (Å²) in [5, 5.41) is 12.1. The van der Waals surface area contributed by atoms with Crippen molar-refractivity contribution in [3.8, 4) is 11.5 Å². The molecule has 0 radical (unpaired) electrons. The van der Waals surface area contributed by atoms with E-state index in [2.05, 4.69) is 5.32 Å². The number of aliphatic carboxylic acids is 1. The van der Waals surface area contributed by atoms with Crippen LogP contribution >= 0.6 is 0 Å². The van der Waals surface area contributed by atoms with Crippen molar-refractivity contribution in [2.24, 2.45) is 5.73 Å². The van der Waals surface area contributed by atoms with Crippen LogP contribution in [0.5, 0.6) is 11.5 Å². The molecule has 0 aliphatic carbocycles. The number of amides is 2. The highest BCUT2D eigenvalue weighted by molar-refractivity contribution is 5.97. The van der Waals surface area contributed by atoms with Crippen LogP contribution in [0.15, 0.2) is 36.4 Å². The minimum Gasteiger partial charge on any atom is -0.493 e. The number of nitrogens with one attached hydrogen (secondary N) is 1. The van der Waals surface area contributed by atoms with Gasteiger partial charge in [0.2, 0.25) is 0 Å². The number of rotatable bonds is 8. The highest BCUT2D eigenvalue weighted by Crippen LogP contribution is 2.28. The van der Waals surface area contributed by atoms with Gasteiger partial charge in [-0.05, 0) is 48.7 Å². The number of benzene rings is 2. The number of primary amides is 1. The number of carboxylic acid groups (broad SMARTS) is 1. The predicted molar refractivity (Wildman–Crippen MR) is 101 cm³/mol. The average molecular weight is 386 g/mol. The van der Waals surface area contributed by atoms with Crippen molar-refractivity contribution in [3.63, 3.8) is 0 Å². The number of hydrogen-bond acceptors (Lipinski definition) is 5. The summed E-state index contributed by atoms with van der Waals surface area (Å²) >= 11 is 0. The van der Waals surface area contributed by atoms with Gasteiger partial charge in [-0.3, -0.25) is 9.59 Å². The number of carbonyl (C=O) groups excluding carboxylic acids is 2. The maximum Gasteiger partial charge on any atom is 0.330 e. The number of ether oxygens (including phenoxy) is 2. The van der Waals surface area contributed by atoms with Crippen molar-refractivity contribution in [2.45, 2.75) is 19.9 Å². The molecule has 0 bridgehead atoms. The van der Waals surface area contributed by atoms with E-state index in [4.69, 9.17) is 15.2 Å². The van der Waals surface area contributed by atoms with E-state index >= 15 is 0 Å². The Bertz CT molecular complexity index is 910. The first-order chi connectivity index (χ1) is 13.2. The van der Waals surface area contributed by atoms with Crippen molar-refractivity contribution in [2.75, 3.05) is 13.7 Å². The van der Waals surface area contributed by atoms with Crippen LogP contribution in [0.3, 0.4) is 0 Å². The summed E-state index contributed by atoms with van der Waals surface area (Å²) in [5.41, 5.74) is 7.46. The molecule has 0 aliphatic heterocycles. The molecule has 1 unspecified atom stereocenters. The van der Waals surface area contributed by atoms with Gasteiger partial charge in [0.05, 0.1) is 7.11 Å². The molecule has 0 saturated carbocycles. The molecule has 0 spiro atoms. The number of methoxy groups -OCH3 is 1. The lowest BCUT2D eigenvalue weighted by molar-refractivity contribution is -0.139. The maximum absolute atomic E-state index is 12.6. The third-order valence-corrected chi connectivity index (χ3v) is 4.28. The number of nitrogens with two attached hydrogens (primary N) is 1. The lowest BCUT2D eigenvalue weighted by atomic mass is 9.97. The molecule has 2 rings (SSSR count). The van der Waals surface area contributed by atoms with Crippen molar-refractivity contribution in [3.05, 3.63) is 58.7 Å². The Kier molecular flexibility index (Phi) is 6.59. The Hall–Kier alpha value is -3.55. The van der Waals surface area contributed by atoms with Crippen LogP contribution in [0, 0.1) is 13.8 Å². The molecular formula is C20H22N2O6. The third-order valence-electron chi connectivity index (χ3n) is 4.28. The summed E-state index contributed by atoms with van der Waals surface area (Å²) in [6, 6.07) is 8.36. The van der Waals surface area contributed by atoms with E-state index in [1.165, 1.54) is 25.3 Å². The lowest BCUT2D eigenvalue weighted by Gasteiger charge is -2.18. The largest absolute Gasteiger partial charge is 0.493 e. The Balaban J connectivity index is 2.27. The van der Waals surface area contributed by atoms with Gasteiger partial charge in [-0.1, -0.05) is 18.2 Å². The number of hydrogen-bond donors (Lipinski definition) is 3. The van der Waals surface area contributed by atoms with Crippen LogP contribution in [-0.2, 0) is 9.59 Å². The van der Waals surface area contributed by atoms with Gasteiger partial charge in [-0.25, -0.2) is 4.79 Å². The van der Waals surface area contributed by atoms with Gasteiger partial charge in [-0.15, -0.1) is 0 Å². The number of carbonyl (C=O) groups is 3. The summed E-state index contributed by atoms with van der Waals surface area (Å²) in [6.45, 7) is 3.34. The van der Waals surface area contributed by atoms with Gasteiger partial charge in [0.1, 0.15) is 0 Å². The Morgan fingerprint density at radius 1 is 1.14 bits per heavy atom. The maximum atomic E-state index is 12.6. The molecule has 0 aliphatic rings. The van der Waals surface area contributed by atoms with E-state index in [-0.39, 0.29) is 23.7 Å². The summed E-state index contributed by atoms with van der Waals surface area (Å²) in [5.74, 6) is -1.96. The van der Waals surface area contributed by atoms with Gasteiger partial charge in [-0.2, -0.15) is 0 Å². The molecule has 0 aromatic heterocycles. The monoisotopic (exact) mass is 386 g/mol. The van der Waals surface area contributed by atoms with Crippen LogP contribution < -0.4 is 20.5 Å². The van der Waals surface area contributed by atoms with Crippen LogP contribution in [0.2, 0.25) is 0 Å². The Morgan fingerprint density at radius 3 is 2.46 bits per heavy atom. The summed E-state index contributed by atoms with van der Waals surface area (Å²) in [7, 11) is 1.38. The second kappa shape index (κ2) is 8.90. The zero-order chi connectivity index (χ0) is 20.8. The molecule has 0 fully saturated rings. The number of aryl methyl sites for hydroxylation is 1. The second-order valence-electron chi connectivity index (χ2n) is 6.15. The highest BCUT2D eigenvalue weighted by atomic mass is 16.5. The molecule has 4 N–H and O–H groups in total. The molecule has 148 valence electrons. The first kappa shape index (κ1) is 20.8. The summed E-state index contributed by atoms with van der Waals surface area (Å²) < 4.78 is 10.4. The molecule has 0 saturated heterocycles. The van der Waals surface area contributed by atoms with Crippen LogP contribution in [0.25, 0.3) is 0 Å². The van der Waals surface area contributed by atoms with E-state index in [0.717, 1.165) is 11.1 Å². The molecule has 2 amide bonds. The normalized spacial score (nSPS) is 11.4. The summed E-state index contributed by atoms with van der Waals surface area (Å²) in [6.07, 6.45) is 0. The fourth-order valence-corrected chi connectivity index (χ4v) is 2.65. The smallest absolute Gasteiger partial charge is 0.330 e. The van der Waals surface area contributed by atoms with Crippen LogP contribution in [-0.4, -0.2) is 36.6 Å². The quantitative estimate of drug-likeness (QED) is 0.634. The van der Waals surface area contributed by atoms with E-state index in [1.54, 1.807) is 19.1 Å². The molecule has 28 heavy (non-hydrogen) atoms. The van der Waals surface area contributed by atoms with E-state index in [1.807, 2.05) is 13.0 Å². The van der Waals surface area contributed by atoms with E-state index < -0.39 is 23.8 Å². The summed E-state index contributed by atoms with van der Waals surface area (Å²) in [4.78, 5) is 35.2. The van der Waals surface area contributed by atoms with Gasteiger partial charge >= 0.3 is 5.97 Å². The van der Waals surface area contributed by atoms with Crippen LogP contribution in [0.1, 0.15) is 33.1 Å². The fraction of sp³-hybridized carbons (Fsp3) is 0.250. The topological polar surface area (TPSA) is 128 Å². The Labute approximate surface area is 162 Å². The second-order valence-corrected chi connectivity index (χ2v) is 6.15. The van der Waals surface area contributed by atoms with Crippen molar-refractivity contribution in [1.82, 2.24) is 5.32 Å². The zero-order valence-corrected chi connectivity index (χ0v) is 15.8. The van der Waals surface area contributed by atoms with Crippen molar-refractivity contribution in [1.29, 1.82) is 0 Å². The molecule has 2 aromatic carbocycles. The van der Waals surface area contributed by atoms with Crippen molar-refractivity contribution >= 4 is 17.8 Å². The van der Waals surface area contributed by atoms with Crippen LogP contribution in [0.4, 0.5) is 0 Å². The number of carboxylic acids is 1. The minimum atomic E-state index is -1.20. The molecule has 8 nitrogen and oxygen atoms in total. The van der Waals surface area contributed by atoms with Gasteiger partial charge in [0.25, 0.3) is 11.8 Å². The van der Waals surface area contributed by atoms with Gasteiger partial charge in [0, 0.05) is 5.56 Å². The first-order valence-corrected chi connectivity index (χ1v) is 8.43.